The summed E-state index contributed by atoms with van der Waals surface area (Å²) in [5.74, 6) is -0.550. The summed E-state index contributed by atoms with van der Waals surface area (Å²) in [6.45, 7) is 0. The van der Waals surface area contributed by atoms with Gasteiger partial charge in [0, 0.05) is 6.07 Å². The summed E-state index contributed by atoms with van der Waals surface area (Å²) in [7, 11) is 0. The van der Waals surface area contributed by atoms with E-state index in [9.17, 15) is 4.79 Å². The molecule has 0 saturated carbocycles. The Balaban J connectivity index is 2.53. The molecule has 16 heavy (non-hydrogen) atoms. The van der Waals surface area contributed by atoms with Gasteiger partial charge in [-0.25, -0.2) is 14.8 Å². The van der Waals surface area contributed by atoms with Crippen molar-refractivity contribution in [2.75, 3.05) is 6.26 Å². The Morgan fingerprint density at radius 1 is 1.50 bits per heavy atom. The Kier molecular flexibility index (Phi) is 2.91. The van der Waals surface area contributed by atoms with Gasteiger partial charge in [0.05, 0.1) is 6.26 Å². The second-order valence-electron chi connectivity index (χ2n) is 2.91. The van der Waals surface area contributed by atoms with E-state index >= 15 is 0 Å². The first-order chi connectivity index (χ1) is 7.70. The fourth-order valence-corrected chi connectivity index (χ4v) is 1.56. The molecule has 5 nitrogen and oxygen atoms in total. The number of aromatic nitrogens is 2. The van der Waals surface area contributed by atoms with Crippen molar-refractivity contribution in [1.82, 2.24) is 9.97 Å². The number of carboxylic acid groups (broad SMARTS) is 1. The van der Waals surface area contributed by atoms with Crippen LogP contribution in [0.1, 0.15) is 10.5 Å². The predicted octanol–water partition coefficient (Wildman–Crippen LogP) is 2.16. The molecular weight excluding hydrogens is 228 g/mol. The van der Waals surface area contributed by atoms with Crippen LogP contribution in [0, 0.1) is 0 Å². The average molecular weight is 236 g/mol. The molecule has 0 aliphatic heterocycles. The Bertz CT molecular complexity index is 511. The minimum absolute atomic E-state index is 0.0363. The topological polar surface area (TPSA) is 76.2 Å². The first-order valence-corrected chi connectivity index (χ1v) is 5.63. The van der Waals surface area contributed by atoms with Crippen LogP contribution in [0.5, 0.6) is 0 Å². The van der Waals surface area contributed by atoms with E-state index < -0.39 is 5.97 Å². The van der Waals surface area contributed by atoms with Crippen LogP contribution < -0.4 is 0 Å². The van der Waals surface area contributed by atoms with Crippen LogP contribution in [-0.2, 0) is 0 Å². The lowest BCUT2D eigenvalue weighted by atomic mass is 10.3. The third kappa shape index (κ3) is 2.06. The summed E-state index contributed by atoms with van der Waals surface area (Å²) < 4.78 is 5.16. The molecule has 0 amide bonds. The highest BCUT2D eigenvalue weighted by Crippen LogP contribution is 2.21. The van der Waals surface area contributed by atoms with E-state index in [-0.39, 0.29) is 5.69 Å². The van der Waals surface area contributed by atoms with Crippen LogP contribution in [0.15, 0.2) is 34.0 Å². The quantitative estimate of drug-likeness (QED) is 0.650. The summed E-state index contributed by atoms with van der Waals surface area (Å²) >= 11 is 1.28. The zero-order chi connectivity index (χ0) is 11.5. The number of hydrogen-bond acceptors (Lipinski definition) is 5. The summed E-state index contributed by atoms with van der Waals surface area (Å²) in [6, 6.07) is 4.83. The Morgan fingerprint density at radius 2 is 2.31 bits per heavy atom. The van der Waals surface area contributed by atoms with Crippen LogP contribution in [-0.4, -0.2) is 27.3 Å². The molecule has 0 radical (unpaired) electrons. The van der Waals surface area contributed by atoms with Crippen LogP contribution in [0.3, 0.4) is 0 Å². The molecule has 82 valence electrons. The molecule has 0 atom stereocenters. The first-order valence-electron chi connectivity index (χ1n) is 4.41. The lowest BCUT2D eigenvalue weighted by Crippen LogP contribution is -2.03. The molecule has 0 saturated heterocycles. The Morgan fingerprint density at radius 3 is 2.88 bits per heavy atom. The van der Waals surface area contributed by atoms with Gasteiger partial charge in [-0.3, -0.25) is 0 Å². The normalized spacial score (nSPS) is 10.3. The van der Waals surface area contributed by atoms with E-state index in [0.29, 0.717) is 16.6 Å². The molecule has 0 unspecified atom stereocenters. The Hall–Kier alpha value is -1.82. The van der Waals surface area contributed by atoms with Gasteiger partial charge in [0.2, 0.25) is 0 Å². The lowest BCUT2D eigenvalue weighted by Gasteiger charge is -2.01. The van der Waals surface area contributed by atoms with Crippen LogP contribution in [0.4, 0.5) is 0 Å². The molecule has 0 aromatic carbocycles. The van der Waals surface area contributed by atoms with Gasteiger partial charge in [-0.1, -0.05) is 11.8 Å². The molecule has 0 fully saturated rings. The number of carbonyl (C=O) groups is 1. The Labute approximate surface area is 95.5 Å². The first kappa shape index (κ1) is 10.7. The highest BCUT2D eigenvalue weighted by Gasteiger charge is 2.12. The predicted molar refractivity (Wildman–Crippen MR) is 58.5 cm³/mol. The van der Waals surface area contributed by atoms with Crippen LogP contribution in [0.2, 0.25) is 0 Å². The van der Waals surface area contributed by atoms with Crippen molar-refractivity contribution in [1.29, 1.82) is 0 Å². The summed E-state index contributed by atoms with van der Waals surface area (Å²) in [6.07, 6.45) is 3.30. The molecule has 0 spiro atoms. The molecule has 1 N–H and O–H groups in total. The molecule has 2 aromatic heterocycles. The van der Waals surface area contributed by atoms with E-state index in [0.717, 1.165) is 0 Å². The molecular formula is C10H8N2O3S. The third-order valence-corrected chi connectivity index (χ3v) is 2.43. The van der Waals surface area contributed by atoms with E-state index in [1.807, 2.05) is 0 Å². The third-order valence-electron chi connectivity index (χ3n) is 1.88. The van der Waals surface area contributed by atoms with Crippen LogP contribution in [0.25, 0.3) is 11.5 Å². The molecule has 6 heteroatoms. The number of rotatable bonds is 3. The van der Waals surface area contributed by atoms with E-state index in [1.165, 1.54) is 24.1 Å². The maximum absolute atomic E-state index is 10.9. The van der Waals surface area contributed by atoms with Gasteiger partial charge in [-0.2, -0.15) is 0 Å². The maximum atomic E-state index is 10.9. The highest BCUT2D eigenvalue weighted by molar-refractivity contribution is 7.98. The van der Waals surface area contributed by atoms with Crippen molar-refractivity contribution in [3.8, 4) is 11.5 Å². The molecule has 2 heterocycles. The van der Waals surface area contributed by atoms with Gasteiger partial charge >= 0.3 is 5.97 Å². The smallest absolute Gasteiger partial charge is 0.354 e. The van der Waals surface area contributed by atoms with Crippen molar-refractivity contribution in [2.45, 2.75) is 5.16 Å². The van der Waals surface area contributed by atoms with Crippen LogP contribution >= 0.6 is 11.8 Å². The van der Waals surface area contributed by atoms with Gasteiger partial charge in [0.1, 0.15) is 5.69 Å². The van der Waals surface area contributed by atoms with Crippen molar-refractivity contribution < 1.29 is 14.3 Å². The molecule has 0 aliphatic carbocycles. The van der Waals surface area contributed by atoms with Gasteiger partial charge in [-0.05, 0) is 18.4 Å². The van der Waals surface area contributed by atoms with E-state index in [4.69, 9.17) is 9.52 Å². The van der Waals surface area contributed by atoms with Gasteiger partial charge in [-0.15, -0.1) is 0 Å². The summed E-state index contributed by atoms with van der Waals surface area (Å²) in [5.41, 5.74) is 0.438. The van der Waals surface area contributed by atoms with Crippen molar-refractivity contribution in [2.24, 2.45) is 0 Å². The zero-order valence-electron chi connectivity index (χ0n) is 8.38. The maximum Gasteiger partial charge on any atom is 0.354 e. The van der Waals surface area contributed by atoms with Crippen molar-refractivity contribution >= 4 is 17.7 Å². The average Bonchev–Trinajstić information content (AvgIpc) is 2.81. The lowest BCUT2D eigenvalue weighted by molar-refractivity contribution is 0.0689. The fraction of sp³-hybridized carbons (Fsp3) is 0.100. The van der Waals surface area contributed by atoms with Gasteiger partial charge < -0.3 is 9.52 Å². The monoisotopic (exact) mass is 236 g/mol. The molecule has 0 aliphatic rings. The number of nitrogens with zero attached hydrogens (tertiary/aromatic N) is 2. The molecule has 2 rings (SSSR count). The minimum Gasteiger partial charge on any atom is -0.477 e. The summed E-state index contributed by atoms with van der Waals surface area (Å²) in [5, 5.41) is 9.31. The standard InChI is InChI=1S/C10H8N2O3S/c1-16-10-11-6(8-3-2-4-15-8)5-7(12-10)9(13)14/h2-5H,1H3,(H,13,14). The summed E-state index contributed by atoms with van der Waals surface area (Å²) in [4.78, 5) is 18.9. The number of carboxylic acids is 1. The highest BCUT2D eigenvalue weighted by atomic mass is 32.2. The van der Waals surface area contributed by atoms with Gasteiger partial charge in [0.25, 0.3) is 0 Å². The zero-order valence-corrected chi connectivity index (χ0v) is 9.19. The fourth-order valence-electron chi connectivity index (χ4n) is 1.18. The number of hydrogen-bond donors (Lipinski definition) is 1. The SMILES string of the molecule is CSc1nc(C(=O)O)cc(-c2ccco2)n1. The number of thioether (sulfide) groups is 1. The largest absolute Gasteiger partial charge is 0.477 e. The minimum atomic E-state index is -1.08. The molecule has 0 bridgehead atoms. The number of furan rings is 1. The van der Waals surface area contributed by atoms with Gasteiger partial charge in [0.15, 0.2) is 16.6 Å². The van der Waals surface area contributed by atoms with E-state index in [1.54, 1.807) is 18.4 Å². The second kappa shape index (κ2) is 4.36. The van der Waals surface area contributed by atoms with Crippen molar-refractivity contribution in [3.63, 3.8) is 0 Å². The number of aromatic carboxylic acids is 1. The van der Waals surface area contributed by atoms with Crippen molar-refractivity contribution in [3.05, 3.63) is 30.2 Å². The second-order valence-corrected chi connectivity index (χ2v) is 3.68. The van der Waals surface area contributed by atoms with E-state index in [2.05, 4.69) is 9.97 Å². The molecule has 2 aromatic rings.